The lowest BCUT2D eigenvalue weighted by Crippen LogP contribution is -2.65. The van der Waals surface area contributed by atoms with E-state index < -0.39 is 41.6 Å². The van der Waals surface area contributed by atoms with Gasteiger partial charge in [0.2, 0.25) is 0 Å². The third kappa shape index (κ3) is 4.36. The molecule has 31 heavy (non-hydrogen) atoms. The van der Waals surface area contributed by atoms with E-state index in [2.05, 4.69) is 15.9 Å². The van der Waals surface area contributed by atoms with Crippen LogP contribution in [0.25, 0.3) is 0 Å². The van der Waals surface area contributed by atoms with Crippen molar-refractivity contribution in [3.8, 4) is 0 Å². The number of methoxy groups -OCH3 is 1. The van der Waals surface area contributed by atoms with Crippen LogP contribution in [0.3, 0.4) is 0 Å². The maximum absolute atomic E-state index is 13.4. The number of amides is 1. The molecule has 2 atom stereocenters. The topological polar surface area (TPSA) is 93.1 Å². The molecule has 2 aromatic carbocycles. The molecule has 0 bridgehead atoms. The summed E-state index contributed by atoms with van der Waals surface area (Å²) in [5, 5.41) is 11.8. The minimum atomic E-state index is -2.46. The van der Waals surface area contributed by atoms with Crippen LogP contribution in [0.2, 0.25) is 0 Å². The normalized spacial score (nSPS) is 20.8. The maximum atomic E-state index is 13.4. The van der Waals surface area contributed by atoms with Crippen molar-refractivity contribution in [1.82, 2.24) is 4.90 Å². The number of ether oxygens (including phenoxy) is 2. The Balaban J connectivity index is 2.23. The summed E-state index contributed by atoms with van der Waals surface area (Å²) >= 11 is 3.39. The fraction of sp³-hybridized carbons (Fsp3) is 0.348. The predicted molar refractivity (Wildman–Crippen MR) is 116 cm³/mol. The summed E-state index contributed by atoms with van der Waals surface area (Å²) in [4.78, 5) is 39.8. The highest BCUT2D eigenvalue weighted by molar-refractivity contribution is 9.10. The average Bonchev–Trinajstić information content (AvgIpc) is 2.70. The summed E-state index contributed by atoms with van der Waals surface area (Å²) < 4.78 is 10.9. The van der Waals surface area contributed by atoms with Gasteiger partial charge in [0.15, 0.2) is 0 Å². The van der Waals surface area contributed by atoms with Gasteiger partial charge in [-0.25, -0.2) is 4.79 Å². The number of halogens is 1. The zero-order valence-electron chi connectivity index (χ0n) is 17.7. The Bertz CT molecular complexity index is 1020. The first-order valence-electron chi connectivity index (χ1n) is 9.68. The van der Waals surface area contributed by atoms with Crippen molar-refractivity contribution in [2.45, 2.75) is 38.0 Å². The smallest absolute Gasteiger partial charge is 0.360 e. The molecular formula is C23H24BrNO6. The number of carbonyl (C=O) groups excluding carboxylic acids is 3. The number of hydrogen-bond acceptors (Lipinski definition) is 6. The van der Waals surface area contributed by atoms with Crippen molar-refractivity contribution in [3.05, 3.63) is 69.7 Å². The molecule has 3 rings (SSSR count). The second-order valence-electron chi connectivity index (χ2n) is 8.27. The van der Waals surface area contributed by atoms with Crippen molar-refractivity contribution in [2.24, 2.45) is 0 Å². The van der Waals surface area contributed by atoms with Crippen LogP contribution in [0.1, 0.15) is 48.2 Å². The number of esters is 2. The van der Waals surface area contributed by atoms with Crippen molar-refractivity contribution < 1.29 is 29.0 Å². The van der Waals surface area contributed by atoms with Gasteiger partial charge in [-0.15, -0.1) is 0 Å². The first-order valence-corrected chi connectivity index (χ1v) is 10.5. The summed E-state index contributed by atoms with van der Waals surface area (Å²) in [6, 6.07) is 13.8. The first kappa shape index (κ1) is 23.0. The van der Waals surface area contributed by atoms with Crippen molar-refractivity contribution >= 4 is 33.8 Å². The molecule has 0 fully saturated rings. The Hall–Kier alpha value is -2.71. The number of benzene rings is 2. The highest BCUT2D eigenvalue weighted by Gasteiger charge is 2.58. The zero-order valence-corrected chi connectivity index (χ0v) is 19.3. The van der Waals surface area contributed by atoms with Gasteiger partial charge in [0, 0.05) is 10.0 Å². The van der Waals surface area contributed by atoms with Crippen molar-refractivity contribution in [1.29, 1.82) is 0 Å². The molecule has 0 spiro atoms. The summed E-state index contributed by atoms with van der Waals surface area (Å²) in [5.41, 5.74) is -1.97. The molecule has 0 aliphatic carbocycles. The van der Waals surface area contributed by atoms with Gasteiger partial charge >= 0.3 is 11.9 Å². The Morgan fingerprint density at radius 3 is 2.39 bits per heavy atom. The lowest BCUT2D eigenvalue weighted by Gasteiger charge is -2.46. The molecular weight excluding hydrogens is 466 g/mol. The average molecular weight is 490 g/mol. The van der Waals surface area contributed by atoms with Crippen LogP contribution in [0.15, 0.2) is 53.0 Å². The molecule has 1 N–H and O–H groups in total. The summed E-state index contributed by atoms with van der Waals surface area (Å²) in [5.74, 6) is -3.47. The molecule has 1 amide bonds. The molecule has 2 unspecified atom stereocenters. The molecule has 164 valence electrons. The molecule has 8 heteroatoms. The molecule has 1 heterocycles. The molecule has 0 radical (unpaired) electrons. The minimum Gasteiger partial charge on any atom is -0.465 e. The van der Waals surface area contributed by atoms with Crippen LogP contribution >= 0.6 is 15.9 Å². The van der Waals surface area contributed by atoms with Gasteiger partial charge < -0.3 is 14.6 Å². The van der Waals surface area contributed by atoms with Gasteiger partial charge in [0.25, 0.3) is 11.6 Å². The second-order valence-corrected chi connectivity index (χ2v) is 9.19. The zero-order chi connectivity index (χ0) is 23.0. The van der Waals surface area contributed by atoms with Crippen LogP contribution in [-0.4, -0.2) is 52.8 Å². The molecule has 7 nitrogen and oxygen atoms in total. The molecule has 1 aliphatic heterocycles. The van der Waals surface area contributed by atoms with E-state index in [1.807, 2.05) is 0 Å². The monoisotopic (exact) mass is 489 g/mol. The van der Waals surface area contributed by atoms with E-state index in [1.165, 1.54) is 0 Å². The van der Waals surface area contributed by atoms with E-state index >= 15 is 0 Å². The molecule has 2 aromatic rings. The van der Waals surface area contributed by atoms with Gasteiger partial charge in [-0.1, -0.05) is 46.3 Å². The highest BCUT2D eigenvalue weighted by Crippen LogP contribution is 2.45. The van der Waals surface area contributed by atoms with Crippen molar-refractivity contribution in [3.63, 3.8) is 0 Å². The standard InChI is InChI=1S/C23H24BrNO6/c1-22(2,3)31-18(26)13-25-20(27)16-11-10-15(24)12-17(16)19(14-8-6-5-7-9-14)23(25,29)21(28)30-4/h5-12,19,29H,13H2,1-4H3. The Labute approximate surface area is 189 Å². The number of carbonyl (C=O) groups is 3. The van der Waals surface area contributed by atoms with E-state index in [0.29, 0.717) is 15.6 Å². The Kier molecular flexibility index (Phi) is 6.25. The number of nitrogens with zero attached hydrogens (tertiary/aromatic N) is 1. The van der Waals surface area contributed by atoms with Crippen LogP contribution in [0.5, 0.6) is 0 Å². The fourth-order valence-electron chi connectivity index (χ4n) is 3.77. The van der Waals surface area contributed by atoms with Crippen LogP contribution in [-0.2, 0) is 19.1 Å². The summed E-state index contributed by atoms with van der Waals surface area (Å²) in [6.45, 7) is 4.44. The maximum Gasteiger partial charge on any atom is 0.360 e. The molecule has 0 aromatic heterocycles. The van der Waals surface area contributed by atoms with Crippen LogP contribution < -0.4 is 0 Å². The third-order valence-corrected chi connectivity index (χ3v) is 5.43. The van der Waals surface area contributed by atoms with E-state index in [0.717, 1.165) is 12.0 Å². The summed E-state index contributed by atoms with van der Waals surface area (Å²) in [7, 11) is 1.12. The SMILES string of the molecule is COC(=O)C1(O)C(c2ccccc2)c2cc(Br)ccc2C(=O)N1CC(=O)OC(C)(C)C. The number of hydrogen-bond donors (Lipinski definition) is 1. The van der Waals surface area contributed by atoms with Gasteiger partial charge in [-0.05, 0) is 50.1 Å². The molecule has 0 saturated heterocycles. The summed E-state index contributed by atoms with van der Waals surface area (Å²) in [6.07, 6.45) is 0. The largest absolute Gasteiger partial charge is 0.465 e. The van der Waals surface area contributed by atoms with Gasteiger partial charge in [0.05, 0.1) is 13.0 Å². The van der Waals surface area contributed by atoms with Crippen molar-refractivity contribution in [2.75, 3.05) is 13.7 Å². The fourth-order valence-corrected chi connectivity index (χ4v) is 4.15. The van der Waals surface area contributed by atoms with E-state index in [9.17, 15) is 19.5 Å². The van der Waals surface area contributed by atoms with E-state index in [-0.39, 0.29) is 5.56 Å². The quantitative estimate of drug-likeness (QED) is 0.662. The number of rotatable bonds is 4. The van der Waals surface area contributed by atoms with E-state index in [4.69, 9.17) is 9.47 Å². The highest BCUT2D eigenvalue weighted by atomic mass is 79.9. The lowest BCUT2D eigenvalue weighted by atomic mass is 9.76. The second kappa shape index (κ2) is 8.43. The number of fused-ring (bicyclic) bond motifs is 1. The number of aliphatic hydroxyl groups is 1. The third-order valence-electron chi connectivity index (χ3n) is 4.94. The van der Waals surface area contributed by atoms with Gasteiger partial charge in [-0.3, -0.25) is 14.5 Å². The van der Waals surface area contributed by atoms with Gasteiger partial charge in [-0.2, -0.15) is 0 Å². The van der Waals surface area contributed by atoms with E-state index in [1.54, 1.807) is 69.3 Å². The van der Waals surface area contributed by atoms with Crippen LogP contribution in [0, 0.1) is 0 Å². The minimum absolute atomic E-state index is 0.272. The molecule has 0 saturated carbocycles. The van der Waals surface area contributed by atoms with Gasteiger partial charge in [0.1, 0.15) is 12.1 Å². The Morgan fingerprint density at radius 2 is 1.81 bits per heavy atom. The lowest BCUT2D eigenvalue weighted by molar-refractivity contribution is -0.189. The predicted octanol–water partition coefficient (Wildman–Crippen LogP) is 3.24. The Morgan fingerprint density at radius 1 is 1.16 bits per heavy atom. The molecule has 1 aliphatic rings. The first-order chi connectivity index (χ1) is 14.5. The van der Waals surface area contributed by atoms with Crippen LogP contribution in [0.4, 0.5) is 0 Å².